The summed E-state index contributed by atoms with van der Waals surface area (Å²) in [6, 6.07) is 0. The number of hydrogen-bond acceptors (Lipinski definition) is 1. The second-order valence-electron chi connectivity index (χ2n) is 1.81. The average molecular weight is 200 g/mol. The third-order valence-corrected chi connectivity index (χ3v) is 1.79. The van der Waals surface area contributed by atoms with Gasteiger partial charge in [-0.3, -0.25) is 5.10 Å². The van der Waals surface area contributed by atoms with E-state index in [2.05, 4.69) is 31.0 Å². The highest BCUT2D eigenvalue weighted by atomic mass is 79.9. The summed E-state index contributed by atoms with van der Waals surface area (Å²) in [5, 5.41) is 6.60. The van der Waals surface area contributed by atoms with Crippen LogP contribution < -0.4 is 0 Å². The van der Waals surface area contributed by atoms with Crippen LogP contribution in [0.25, 0.3) is 4.85 Å². The fraction of sp³-hybridized carbons (Fsp3) is 0.333. The van der Waals surface area contributed by atoms with Crippen LogP contribution in [-0.4, -0.2) is 10.2 Å². The molecule has 4 heteroatoms. The van der Waals surface area contributed by atoms with Crippen molar-refractivity contribution in [3.63, 3.8) is 0 Å². The number of nitrogens with zero attached hydrogens (tertiary/aromatic N) is 2. The van der Waals surface area contributed by atoms with E-state index in [0.29, 0.717) is 10.3 Å². The van der Waals surface area contributed by atoms with Gasteiger partial charge >= 0.3 is 0 Å². The summed E-state index contributed by atoms with van der Waals surface area (Å²) in [5.41, 5.74) is 1.49. The van der Waals surface area contributed by atoms with E-state index < -0.39 is 0 Å². The number of rotatable bonds is 1. The van der Waals surface area contributed by atoms with Crippen LogP contribution in [0, 0.1) is 6.57 Å². The van der Waals surface area contributed by atoms with Crippen LogP contribution in [0.2, 0.25) is 0 Å². The third-order valence-electron chi connectivity index (χ3n) is 1.24. The number of nitrogens with one attached hydrogen (secondary N) is 1. The quantitative estimate of drug-likeness (QED) is 0.693. The van der Waals surface area contributed by atoms with Crippen molar-refractivity contribution in [3.8, 4) is 0 Å². The van der Waals surface area contributed by atoms with E-state index in [-0.39, 0.29) is 0 Å². The fourth-order valence-corrected chi connectivity index (χ4v) is 1.12. The van der Waals surface area contributed by atoms with Crippen molar-refractivity contribution in [1.29, 1.82) is 0 Å². The van der Waals surface area contributed by atoms with E-state index in [0.717, 1.165) is 12.1 Å². The molecular weight excluding hydrogens is 194 g/mol. The first-order valence-corrected chi connectivity index (χ1v) is 3.69. The zero-order chi connectivity index (χ0) is 7.56. The standard InChI is InChI=1S/C6H6BrN3/c1-3-4-5(8-2)6(7)10-9-4/h3H2,1H3,(H,9,10). The first-order chi connectivity index (χ1) is 4.79. The number of aryl methyl sites for hydroxylation is 1. The maximum atomic E-state index is 6.78. The van der Waals surface area contributed by atoms with Gasteiger partial charge in [0, 0.05) is 5.69 Å². The van der Waals surface area contributed by atoms with Gasteiger partial charge in [0.1, 0.15) is 4.60 Å². The monoisotopic (exact) mass is 199 g/mol. The molecule has 0 amide bonds. The number of H-pyrrole nitrogens is 1. The summed E-state index contributed by atoms with van der Waals surface area (Å²) in [6.45, 7) is 8.76. The molecular formula is C6H6BrN3. The normalized spacial score (nSPS) is 9.30. The highest BCUT2D eigenvalue weighted by molar-refractivity contribution is 9.10. The number of aromatic nitrogens is 2. The second kappa shape index (κ2) is 2.84. The highest BCUT2D eigenvalue weighted by Gasteiger charge is 2.07. The maximum absolute atomic E-state index is 6.78. The number of halogens is 1. The molecule has 0 aromatic carbocycles. The third kappa shape index (κ3) is 1.05. The van der Waals surface area contributed by atoms with Crippen molar-refractivity contribution >= 4 is 21.6 Å². The van der Waals surface area contributed by atoms with Gasteiger partial charge in [-0.15, -0.1) is 0 Å². The summed E-state index contributed by atoms with van der Waals surface area (Å²) in [7, 11) is 0. The molecule has 0 aliphatic heterocycles. The van der Waals surface area contributed by atoms with Gasteiger partial charge in [0.15, 0.2) is 0 Å². The molecule has 1 N–H and O–H groups in total. The Morgan fingerprint density at radius 1 is 1.80 bits per heavy atom. The minimum absolute atomic E-state index is 0.600. The van der Waals surface area contributed by atoms with Crippen molar-refractivity contribution in [2.24, 2.45) is 0 Å². The second-order valence-corrected chi connectivity index (χ2v) is 2.56. The van der Waals surface area contributed by atoms with E-state index in [1.807, 2.05) is 6.92 Å². The molecule has 0 spiro atoms. The van der Waals surface area contributed by atoms with Crippen molar-refractivity contribution in [2.45, 2.75) is 13.3 Å². The molecule has 3 nitrogen and oxygen atoms in total. The van der Waals surface area contributed by atoms with E-state index in [1.54, 1.807) is 0 Å². The van der Waals surface area contributed by atoms with E-state index in [4.69, 9.17) is 6.57 Å². The van der Waals surface area contributed by atoms with E-state index >= 15 is 0 Å². The Morgan fingerprint density at radius 3 is 2.90 bits per heavy atom. The smallest absolute Gasteiger partial charge is 0.241 e. The first-order valence-electron chi connectivity index (χ1n) is 2.89. The van der Waals surface area contributed by atoms with Gasteiger partial charge in [-0.25, -0.2) is 4.85 Å². The Labute approximate surface area is 67.4 Å². The molecule has 1 rings (SSSR count). The first kappa shape index (κ1) is 7.29. The van der Waals surface area contributed by atoms with Crippen LogP contribution >= 0.6 is 15.9 Å². The van der Waals surface area contributed by atoms with Gasteiger partial charge in [-0.1, -0.05) is 6.92 Å². The molecule has 0 saturated heterocycles. The van der Waals surface area contributed by atoms with Gasteiger partial charge in [-0.05, 0) is 22.4 Å². The van der Waals surface area contributed by atoms with Gasteiger partial charge in [-0.2, -0.15) is 5.10 Å². The van der Waals surface area contributed by atoms with Crippen LogP contribution in [0.1, 0.15) is 12.6 Å². The lowest BCUT2D eigenvalue weighted by molar-refractivity contribution is 0.970. The highest BCUT2D eigenvalue weighted by Crippen LogP contribution is 2.26. The van der Waals surface area contributed by atoms with Crippen LogP contribution in [0.4, 0.5) is 5.69 Å². The van der Waals surface area contributed by atoms with Crippen LogP contribution in [0.3, 0.4) is 0 Å². The predicted molar refractivity (Wildman–Crippen MR) is 41.9 cm³/mol. The van der Waals surface area contributed by atoms with Gasteiger partial charge in [0.25, 0.3) is 0 Å². The zero-order valence-corrected chi connectivity index (χ0v) is 7.07. The number of hydrogen-bond donors (Lipinski definition) is 1. The minimum Gasteiger partial charge on any atom is -0.293 e. The van der Waals surface area contributed by atoms with Crippen LogP contribution in [-0.2, 0) is 6.42 Å². The lowest BCUT2D eigenvalue weighted by Gasteiger charge is -1.86. The van der Waals surface area contributed by atoms with E-state index in [1.165, 1.54) is 0 Å². The molecule has 1 heterocycles. The molecule has 0 fully saturated rings. The molecule has 0 aliphatic rings. The molecule has 1 aromatic rings. The molecule has 0 aliphatic carbocycles. The molecule has 1 aromatic heterocycles. The van der Waals surface area contributed by atoms with Crippen LogP contribution in [0.5, 0.6) is 0 Å². The Morgan fingerprint density at radius 2 is 2.50 bits per heavy atom. The Bertz CT molecular complexity index is 271. The topological polar surface area (TPSA) is 33.0 Å². The van der Waals surface area contributed by atoms with E-state index in [9.17, 15) is 0 Å². The Hall–Kier alpha value is -0.820. The maximum Gasteiger partial charge on any atom is 0.241 e. The average Bonchev–Trinajstić information content (AvgIpc) is 2.30. The molecule has 10 heavy (non-hydrogen) atoms. The zero-order valence-electron chi connectivity index (χ0n) is 5.48. The molecule has 0 radical (unpaired) electrons. The molecule has 0 atom stereocenters. The minimum atomic E-state index is 0.600. The van der Waals surface area contributed by atoms with Crippen LogP contribution in [0.15, 0.2) is 4.60 Å². The summed E-state index contributed by atoms with van der Waals surface area (Å²) in [6.07, 6.45) is 0.816. The predicted octanol–water partition coefficient (Wildman–Crippen LogP) is 2.29. The summed E-state index contributed by atoms with van der Waals surface area (Å²) in [4.78, 5) is 3.31. The SMILES string of the molecule is [C-]#[N+]c1c(Br)n[nH]c1CC. The summed E-state index contributed by atoms with van der Waals surface area (Å²) in [5.74, 6) is 0. The summed E-state index contributed by atoms with van der Waals surface area (Å²) >= 11 is 3.16. The molecule has 0 saturated carbocycles. The van der Waals surface area contributed by atoms with Crippen molar-refractivity contribution in [2.75, 3.05) is 0 Å². The van der Waals surface area contributed by atoms with Gasteiger partial charge in [0.05, 0.1) is 6.57 Å². The van der Waals surface area contributed by atoms with Gasteiger partial charge < -0.3 is 0 Å². The largest absolute Gasteiger partial charge is 0.293 e. The lowest BCUT2D eigenvalue weighted by atomic mass is 10.3. The van der Waals surface area contributed by atoms with Crippen molar-refractivity contribution in [1.82, 2.24) is 10.2 Å². The van der Waals surface area contributed by atoms with Crippen molar-refractivity contribution < 1.29 is 0 Å². The molecule has 52 valence electrons. The van der Waals surface area contributed by atoms with Crippen molar-refractivity contribution in [3.05, 3.63) is 21.7 Å². The number of aromatic amines is 1. The lowest BCUT2D eigenvalue weighted by Crippen LogP contribution is -1.77. The Kier molecular flexibility index (Phi) is 2.07. The van der Waals surface area contributed by atoms with Gasteiger partial charge in [0.2, 0.25) is 5.69 Å². The molecule has 0 unspecified atom stereocenters. The molecule has 0 bridgehead atoms. The summed E-state index contributed by atoms with van der Waals surface area (Å²) < 4.78 is 0.611. The Balaban J connectivity index is 3.17. The fourth-order valence-electron chi connectivity index (χ4n) is 0.707.